The van der Waals surface area contributed by atoms with Gasteiger partial charge in [-0.05, 0) is 38.3 Å². The first-order valence-electron chi connectivity index (χ1n) is 4.98. The molecule has 2 rings (SSSR count). The maximum atomic E-state index is 11.6. The molecule has 3 heteroatoms. The van der Waals surface area contributed by atoms with E-state index in [9.17, 15) is 4.79 Å². The van der Waals surface area contributed by atoms with Crippen molar-refractivity contribution < 1.29 is 9.53 Å². The van der Waals surface area contributed by atoms with E-state index in [1.807, 2.05) is 6.92 Å². The minimum Gasteiger partial charge on any atom is -0.465 e. The Hall–Kier alpha value is -0.830. The Morgan fingerprint density at radius 2 is 2.50 bits per heavy atom. The lowest BCUT2D eigenvalue weighted by atomic mass is 10.1. The molecule has 0 radical (unpaired) electrons. The number of rotatable bonds is 2. The van der Waals surface area contributed by atoms with Gasteiger partial charge in [-0.1, -0.05) is 0 Å². The van der Waals surface area contributed by atoms with Crippen LogP contribution in [0.25, 0.3) is 0 Å². The molecular weight excluding hydrogens is 196 g/mol. The Morgan fingerprint density at radius 1 is 1.71 bits per heavy atom. The number of ether oxygens (including phenoxy) is 1. The summed E-state index contributed by atoms with van der Waals surface area (Å²) in [4.78, 5) is 14.1. The summed E-state index contributed by atoms with van der Waals surface area (Å²) >= 11 is 1.74. The van der Waals surface area contributed by atoms with Crippen LogP contribution >= 0.6 is 11.3 Å². The van der Waals surface area contributed by atoms with Gasteiger partial charge in [0.25, 0.3) is 0 Å². The first-order valence-corrected chi connectivity index (χ1v) is 5.80. The average molecular weight is 210 g/mol. The highest BCUT2D eigenvalue weighted by Gasteiger charge is 2.31. The summed E-state index contributed by atoms with van der Waals surface area (Å²) in [5.41, 5.74) is 1.35. The van der Waals surface area contributed by atoms with Crippen LogP contribution in [0.2, 0.25) is 0 Å². The van der Waals surface area contributed by atoms with Crippen LogP contribution < -0.4 is 0 Å². The Labute approximate surface area is 87.9 Å². The van der Waals surface area contributed by atoms with Gasteiger partial charge in [0, 0.05) is 9.75 Å². The van der Waals surface area contributed by atoms with Gasteiger partial charge < -0.3 is 4.74 Å². The smallest absolute Gasteiger partial charge is 0.314 e. The van der Waals surface area contributed by atoms with E-state index in [-0.39, 0.29) is 11.9 Å². The highest BCUT2D eigenvalue weighted by atomic mass is 32.1. The van der Waals surface area contributed by atoms with Gasteiger partial charge in [-0.15, -0.1) is 11.3 Å². The molecule has 0 saturated carbocycles. The summed E-state index contributed by atoms with van der Waals surface area (Å²) in [5.74, 6) is -0.0308. The van der Waals surface area contributed by atoms with Gasteiger partial charge in [0.2, 0.25) is 0 Å². The lowest BCUT2D eigenvalue weighted by Gasteiger charge is -2.07. The van der Waals surface area contributed by atoms with Crippen LogP contribution in [-0.2, 0) is 16.0 Å². The molecule has 0 aliphatic heterocycles. The molecule has 14 heavy (non-hydrogen) atoms. The zero-order valence-electron chi connectivity index (χ0n) is 8.50. The second kappa shape index (κ2) is 3.73. The van der Waals surface area contributed by atoms with Crippen molar-refractivity contribution in [1.29, 1.82) is 0 Å². The monoisotopic (exact) mass is 210 g/mol. The lowest BCUT2D eigenvalue weighted by molar-refractivity contribution is -0.144. The number of fused-ring (bicyclic) bond motifs is 1. The van der Waals surface area contributed by atoms with Crippen LogP contribution in [0.4, 0.5) is 0 Å². The van der Waals surface area contributed by atoms with Gasteiger partial charge in [-0.2, -0.15) is 0 Å². The van der Waals surface area contributed by atoms with Crippen LogP contribution in [0.5, 0.6) is 0 Å². The molecule has 0 aromatic carbocycles. The predicted molar refractivity (Wildman–Crippen MR) is 56.8 cm³/mol. The van der Waals surface area contributed by atoms with E-state index < -0.39 is 0 Å². The van der Waals surface area contributed by atoms with Crippen molar-refractivity contribution in [1.82, 2.24) is 0 Å². The third kappa shape index (κ3) is 1.57. The summed E-state index contributed by atoms with van der Waals surface area (Å²) < 4.78 is 5.06. The van der Waals surface area contributed by atoms with Crippen molar-refractivity contribution in [2.24, 2.45) is 0 Å². The number of esters is 1. The summed E-state index contributed by atoms with van der Waals surface area (Å²) in [6.45, 7) is 4.42. The highest BCUT2D eigenvalue weighted by molar-refractivity contribution is 7.12. The zero-order valence-corrected chi connectivity index (χ0v) is 9.32. The van der Waals surface area contributed by atoms with Gasteiger partial charge in [0.05, 0.1) is 12.5 Å². The molecule has 1 unspecified atom stereocenters. The first kappa shape index (κ1) is 9.71. The van der Waals surface area contributed by atoms with Gasteiger partial charge in [0.15, 0.2) is 0 Å². The molecular formula is C11H14O2S. The van der Waals surface area contributed by atoms with E-state index in [0.29, 0.717) is 6.61 Å². The van der Waals surface area contributed by atoms with Crippen molar-refractivity contribution in [3.8, 4) is 0 Å². The highest BCUT2D eigenvalue weighted by Crippen LogP contribution is 2.39. The van der Waals surface area contributed by atoms with Crippen molar-refractivity contribution in [3.63, 3.8) is 0 Å². The fourth-order valence-electron chi connectivity index (χ4n) is 1.97. The van der Waals surface area contributed by atoms with E-state index in [0.717, 1.165) is 12.8 Å². The maximum Gasteiger partial charge on any atom is 0.314 e. The molecule has 1 aromatic rings. The van der Waals surface area contributed by atoms with Crippen molar-refractivity contribution >= 4 is 17.3 Å². The molecule has 0 N–H and O–H groups in total. The molecule has 1 aliphatic rings. The van der Waals surface area contributed by atoms with E-state index in [1.165, 1.54) is 15.3 Å². The number of aryl methyl sites for hydroxylation is 2. The quantitative estimate of drug-likeness (QED) is 0.701. The van der Waals surface area contributed by atoms with Crippen LogP contribution in [-0.4, -0.2) is 12.6 Å². The minimum atomic E-state index is -0.0481. The normalized spacial score (nSPS) is 19.4. The van der Waals surface area contributed by atoms with Gasteiger partial charge in [-0.3, -0.25) is 4.79 Å². The van der Waals surface area contributed by atoms with Crippen molar-refractivity contribution in [3.05, 3.63) is 21.4 Å². The fourth-order valence-corrected chi connectivity index (χ4v) is 3.17. The molecule has 0 fully saturated rings. The van der Waals surface area contributed by atoms with Crippen LogP contribution in [0, 0.1) is 6.92 Å². The van der Waals surface area contributed by atoms with Crippen LogP contribution in [0.15, 0.2) is 6.07 Å². The fraction of sp³-hybridized carbons (Fsp3) is 0.545. The van der Waals surface area contributed by atoms with Crippen LogP contribution in [0.1, 0.15) is 34.6 Å². The third-order valence-corrected chi connectivity index (χ3v) is 3.76. The minimum absolute atomic E-state index is 0.0173. The molecule has 0 bridgehead atoms. The second-order valence-corrected chi connectivity index (χ2v) is 4.88. The Morgan fingerprint density at radius 3 is 3.21 bits per heavy atom. The summed E-state index contributed by atoms with van der Waals surface area (Å²) in [7, 11) is 0. The first-order chi connectivity index (χ1) is 6.72. The Balaban J connectivity index is 2.20. The van der Waals surface area contributed by atoms with E-state index in [1.54, 1.807) is 11.3 Å². The van der Waals surface area contributed by atoms with Gasteiger partial charge in [0.1, 0.15) is 0 Å². The molecule has 1 aromatic heterocycles. The Bertz CT molecular complexity index is 354. The molecule has 1 heterocycles. The maximum absolute atomic E-state index is 11.6. The summed E-state index contributed by atoms with van der Waals surface area (Å²) in [6.07, 6.45) is 1.96. The van der Waals surface area contributed by atoms with Crippen molar-refractivity contribution in [2.45, 2.75) is 32.6 Å². The summed E-state index contributed by atoms with van der Waals surface area (Å²) in [6, 6.07) is 2.19. The van der Waals surface area contributed by atoms with Gasteiger partial charge >= 0.3 is 5.97 Å². The SMILES string of the molecule is CCOC(=O)C1CCc2cc(C)sc21. The average Bonchev–Trinajstić information content (AvgIpc) is 2.62. The standard InChI is InChI=1S/C11H14O2S/c1-3-13-11(12)9-5-4-8-6-7(2)14-10(8)9/h6,9H,3-5H2,1-2H3. The number of hydrogen-bond donors (Lipinski definition) is 0. The second-order valence-electron chi connectivity index (χ2n) is 3.59. The molecule has 0 saturated heterocycles. The van der Waals surface area contributed by atoms with Crippen molar-refractivity contribution in [2.75, 3.05) is 6.61 Å². The molecule has 76 valence electrons. The molecule has 0 spiro atoms. The van der Waals surface area contributed by atoms with E-state index in [2.05, 4.69) is 13.0 Å². The van der Waals surface area contributed by atoms with Gasteiger partial charge in [-0.25, -0.2) is 0 Å². The molecule has 0 amide bonds. The Kier molecular flexibility index (Phi) is 2.59. The molecule has 1 aliphatic carbocycles. The molecule has 1 atom stereocenters. The number of hydrogen-bond acceptors (Lipinski definition) is 3. The number of carbonyl (C=O) groups excluding carboxylic acids is 1. The lowest BCUT2D eigenvalue weighted by Crippen LogP contribution is -2.12. The van der Waals surface area contributed by atoms with E-state index in [4.69, 9.17) is 4.74 Å². The summed E-state index contributed by atoms with van der Waals surface area (Å²) in [5, 5.41) is 0. The zero-order chi connectivity index (χ0) is 10.1. The number of thiophene rings is 1. The topological polar surface area (TPSA) is 26.3 Å². The van der Waals surface area contributed by atoms with Crippen LogP contribution in [0.3, 0.4) is 0 Å². The largest absolute Gasteiger partial charge is 0.465 e. The predicted octanol–water partition coefficient (Wildman–Crippen LogP) is 2.65. The molecule has 2 nitrogen and oxygen atoms in total. The number of carbonyl (C=O) groups is 1. The van der Waals surface area contributed by atoms with E-state index >= 15 is 0 Å². The third-order valence-electron chi connectivity index (χ3n) is 2.55.